The smallest absolute Gasteiger partial charge is 0.0799 e. The van der Waals surface area contributed by atoms with Crippen LogP contribution in [0.25, 0.3) is 0 Å². The van der Waals surface area contributed by atoms with Crippen LogP contribution in [0.2, 0.25) is 0 Å². The van der Waals surface area contributed by atoms with E-state index in [2.05, 4.69) is 6.92 Å². The number of carboxylic acid groups (broad SMARTS) is 2. The zero-order valence-corrected chi connectivity index (χ0v) is 11.3. The molecule has 0 aromatic carbocycles. The molecule has 2 unspecified atom stereocenters. The number of unbranched alkanes of at least 4 members (excludes halogenated alkanes) is 2. The summed E-state index contributed by atoms with van der Waals surface area (Å²) in [5.41, 5.74) is -2.95. The average Bonchev–Trinajstić information content (AvgIpc) is 3.02. The zero-order valence-electron chi connectivity index (χ0n) is 11.3. The first-order valence-corrected chi connectivity index (χ1v) is 6.61. The lowest BCUT2D eigenvalue weighted by atomic mass is 9.96. The maximum atomic E-state index is 10.8. The summed E-state index contributed by atoms with van der Waals surface area (Å²) in [6.45, 7) is 3.68. The lowest BCUT2D eigenvalue weighted by Gasteiger charge is -2.20. The van der Waals surface area contributed by atoms with Crippen molar-refractivity contribution in [1.29, 1.82) is 0 Å². The molecule has 1 rings (SSSR count). The van der Waals surface area contributed by atoms with Gasteiger partial charge in [-0.1, -0.05) is 38.3 Å². The van der Waals surface area contributed by atoms with Gasteiger partial charge in [0.05, 0.1) is 23.0 Å². The summed E-state index contributed by atoms with van der Waals surface area (Å²) >= 11 is 0. The van der Waals surface area contributed by atoms with E-state index in [1.54, 1.807) is 6.92 Å². The van der Waals surface area contributed by atoms with E-state index >= 15 is 0 Å². The van der Waals surface area contributed by atoms with Crippen LogP contribution in [0.4, 0.5) is 0 Å². The summed E-state index contributed by atoms with van der Waals surface area (Å²) in [4.78, 5) is 21.7. The third-order valence-electron chi connectivity index (χ3n) is 3.72. The van der Waals surface area contributed by atoms with E-state index in [9.17, 15) is 24.9 Å². The molecular weight excluding hydrogens is 248 g/mol. The summed E-state index contributed by atoms with van der Waals surface area (Å²) in [7, 11) is 0. The highest BCUT2D eigenvalue weighted by Gasteiger charge is 2.55. The zero-order chi connectivity index (χ0) is 14.7. The van der Waals surface area contributed by atoms with Crippen LogP contribution < -0.4 is 10.2 Å². The lowest BCUT2D eigenvalue weighted by molar-refractivity contribution is -0.335. The third kappa shape index (κ3) is 3.56. The topological polar surface area (TPSA) is 100 Å². The van der Waals surface area contributed by atoms with Gasteiger partial charge in [0.2, 0.25) is 0 Å². The number of carbonyl (C=O) groups excluding carboxylic acids is 2. The Labute approximate surface area is 112 Å². The molecule has 1 fully saturated rings. The van der Waals surface area contributed by atoms with Crippen LogP contribution in [-0.4, -0.2) is 22.6 Å². The molecule has 0 aliphatic heterocycles. The Kier molecular flexibility index (Phi) is 4.74. The molecule has 0 aromatic rings. The fourth-order valence-electron chi connectivity index (χ4n) is 2.21. The molecule has 5 heteroatoms. The molecule has 0 saturated heterocycles. The number of carboxylic acids is 2. The van der Waals surface area contributed by atoms with Gasteiger partial charge in [-0.3, -0.25) is 0 Å². The standard InChI is InChI=1S/C14H22O5/c1-3-4-5-7-13(2,19)8-6-10-9-14(10,11(15)16)12(17)18/h6,8,10,19H,3-5,7,9H2,1-2H3,(H,15,16)(H,17,18)/p-2. The van der Waals surface area contributed by atoms with E-state index in [0.717, 1.165) is 19.3 Å². The molecular formula is C14H20O5-2. The van der Waals surface area contributed by atoms with Gasteiger partial charge < -0.3 is 24.9 Å². The second-order valence-electron chi connectivity index (χ2n) is 5.53. The highest BCUT2D eigenvalue weighted by molar-refractivity contribution is 6.00. The monoisotopic (exact) mass is 268 g/mol. The summed E-state index contributed by atoms with van der Waals surface area (Å²) < 4.78 is 0. The van der Waals surface area contributed by atoms with Gasteiger partial charge >= 0.3 is 0 Å². The van der Waals surface area contributed by atoms with Crippen molar-refractivity contribution in [2.75, 3.05) is 0 Å². The van der Waals surface area contributed by atoms with Gasteiger partial charge in [-0.15, -0.1) is 0 Å². The number of allylic oxidation sites excluding steroid dienone is 1. The molecule has 108 valence electrons. The molecule has 1 aliphatic rings. The van der Waals surface area contributed by atoms with Crippen LogP contribution in [0, 0.1) is 11.3 Å². The molecule has 5 nitrogen and oxygen atoms in total. The van der Waals surface area contributed by atoms with Crippen molar-refractivity contribution in [1.82, 2.24) is 0 Å². The van der Waals surface area contributed by atoms with E-state index in [1.807, 2.05) is 0 Å². The van der Waals surface area contributed by atoms with Crippen molar-refractivity contribution in [3.63, 3.8) is 0 Å². The van der Waals surface area contributed by atoms with Gasteiger partial charge in [0.25, 0.3) is 0 Å². The quantitative estimate of drug-likeness (QED) is 0.359. The maximum absolute atomic E-state index is 10.8. The molecule has 19 heavy (non-hydrogen) atoms. The Bertz CT molecular complexity index is 369. The molecule has 0 spiro atoms. The fraction of sp³-hybridized carbons (Fsp3) is 0.714. The fourth-order valence-corrected chi connectivity index (χ4v) is 2.21. The van der Waals surface area contributed by atoms with Crippen molar-refractivity contribution >= 4 is 11.9 Å². The Balaban J connectivity index is 2.59. The minimum absolute atomic E-state index is 0.0286. The van der Waals surface area contributed by atoms with Crippen molar-refractivity contribution in [3.8, 4) is 0 Å². The van der Waals surface area contributed by atoms with Crippen molar-refractivity contribution in [3.05, 3.63) is 12.2 Å². The Hall–Kier alpha value is -1.36. The summed E-state index contributed by atoms with van der Waals surface area (Å²) in [5, 5.41) is 31.7. The summed E-state index contributed by atoms with van der Waals surface area (Å²) in [6.07, 6.45) is 6.40. The van der Waals surface area contributed by atoms with Crippen LogP contribution in [-0.2, 0) is 9.59 Å². The molecule has 1 aliphatic carbocycles. The number of aliphatic hydroxyl groups is 1. The molecule has 0 heterocycles. The van der Waals surface area contributed by atoms with Gasteiger partial charge in [-0.2, -0.15) is 0 Å². The van der Waals surface area contributed by atoms with Crippen LogP contribution in [0.15, 0.2) is 12.2 Å². The Morgan fingerprint density at radius 3 is 2.37 bits per heavy atom. The average molecular weight is 268 g/mol. The summed E-state index contributed by atoms with van der Waals surface area (Å²) in [6, 6.07) is 0. The molecule has 0 aromatic heterocycles. The van der Waals surface area contributed by atoms with E-state index in [4.69, 9.17) is 0 Å². The number of hydrogen-bond acceptors (Lipinski definition) is 5. The largest absolute Gasteiger partial charge is 0.549 e. The van der Waals surface area contributed by atoms with E-state index in [-0.39, 0.29) is 6.42 Å². The first-order valence-electron chi connectivity index (χ1n) is 6.61. The van der Waals surface area contributed by atoms with Crippen LogP contribution >= 0.6 is 0 Å². The van der Waals surface area contributed by atoms with Crippen LogP contribution in [0.5, 0.6) is 0 Å². The molecule has 0 bridgehead atoms. The predicted molar refractivity (Wildman–Crippen MR) is 64.5 cm³/mol. The van der Waals surface area contributed by atoms with Crippen molar-refractivity contribution in [2.45, 2.75) is 51.6 Å². The highest BCUT2D eigenvalue weighted by Crippen LogP contribution is 2.53. The minimum Gasteiger partial charge on any atom is -0.549 e. The van der Waals surface area contributed by atoms with Gasteiger partial charge in [0.15, 0.2) is 0 Å². The number of hydrogen-bond donors (Lipinski definition) is 1. The second kappa shape index (κ2) is 5.74. The first kappa shape index (κ1) is 15.7. The highest BCUT2D eigenvalue weighted by atomic mass is 16.4. The number of carbonyl (C=O) groups is 2. The third-order valence-corrected chi connectivity index (χ3v) is 3.72. The Morgan fingerprint density at radius 1 is 1.37 bits per heavy atom. The van der Waals surface area contributed by atoms with E-state index in [0.29, 0.717) is 6.42 Å². The maximum Gasteiger partial charge on any atom is 0.0799 e. The first-order chi connectivity index (χ1) is 8.76. The molecule has 0 radical (unpaired) electrons. The van der Waals surface area contributed by atoms with Crippen molar-refractivity contribution < 1.29 is 24.9 Å². The normalized spacial score (nSPS) is 24.1. The van der Waals surface area contributed by atoms with Gasteiger partial charge in [-0.05, 0) is 25.7 Å². The molecule has 0 amide bonds. The van der Waals surface area contributed by atoms with Gasteiger partial charge in [0, 0.05) is 0 Å². The van der Waals surface area contributed by atoms with Crippen LogP contribution in [0.1, 0.15) is 46.0 Å². The SMILES string of the molecule is CCCCCC(C)(O)C=CC1CC1(C(=O)[O-])C(=O)[O-]. The molecule has 2 atom stereocenters. The predicted octanol–water partition coefficient (Wildman–Crippen LogP) is -0.620. The van der Waals surface area contributed by atoms with Gasteiger partial charge in [0.1, 0.15) is 0 Å². The second-order valence-corrected chi connectivity index (χ2v) is 5.53. The van der Waals surface area contributed by atoms with Crippen LogP contribution in [0.3, 0.4) is 0 Å². The van der Waals surface area contributed by atoms with Crippen molar-refractivity contribution in [2.24, 2.45) is 11.3 Å². The van der Waals surface area contributed by atoms with E-state index in [1.165, 1.54) is 12.2 Å². The van der Waals surface area contributed by atoms with Gasteiger partial charge in [-0.25, -0.2) is 0 Å². The minimum atomic E-state index is -1.91. The Morgan fingerprint density at radius 2 is 1.95 bits per heavy atom. The number of aliphatic carboxylic acids is 2. The molecule has 1 saturated carbocycles. The lowest BCUT2D eigenvalue weighted by Crippen LogP contribution is -2.46. The summed E-state index contributed by atoms with van der Waals surface area (Å²) in [5.74, 6) is -3.89. The number of rotatable bonds is 8. The van der Waals surface area contributed by atoms with E-state index < -0.39 is 28.9 Å². The molecule has 1 N–H and O–H groups in total.